The lowest BCUT2D eigenvalue weighted by Crippen LogP contribution is -2.51. The average molecular weight is 284 g/mol. The molecule has 116 valence electrons. The number of morpholine rings is 1. The molecule has 5 heteroatoms. The molecule has 0 amide bonds. The number of likely N-dealkylation sites (tertiary alicyclic amines) is 1. The van der Waals surface area contributed by atoms with Crippen LogP contribution in [0.1, 0.15) is 33.6 Å². The van der Waals surface area contributed by atoms with Crippen LogP contribution >= 0.6 is 0 Å². The van der Waals surface area contributed by atoms with Gasteiger partial charge in [0.1, 0.15) is 6.04 Å². The van der Waals surface area contributed by atoms with Crippen LogP contribution in [0.4, 0.5) is 0 Å². The molecule has 0 aromatic carbocycles. The Kier molecular flexibility index (Phi) is 5.81. The van der Waals surface area contributed by atoms with E-state index in [1.54, 1.807) is 0 Å². The predicted molar refractivity (Wildman–Crippen MR) is 77.7 cm³/mol. The smallest absolute Gasteiger partial charge is 0.323 e. The molecule has 0 aromatic heterocycles. The number of esters is 1. The molecule has 2 rings (SSSR count). The molecule has 2 saturated heterocycles. The Balaban J connectivity index is 1.86. The molecule has 0 bridgehead atoms. The number of hydrogen-bond donors (Lipinski definition) is 0. The van der Waals surface area contributed by atoms with Crippen LogP contribution in [-0.2, 0) is 14.3 Å². The van der Waals surface area contributed by atoms with Gasteiger partial charge < -0.3 is 9.47 Å². The van der Waals surface area contributed by atoms with Crippen LogP contribution in [0.15, 0.2) is 0 Å². The molecule has 2 aliphatic rings. The standard InChI is InChI=1S/C15H28N2O3/c1-4-19-15(18)14-6-5-7-17(14)11-13-10-16(12(2)3)8-9-20-13/h12-14H,4-11H2,1-3H3. The van der Waals surface area contributed by atoms with Crippen molar-refractivity contribution < 1.29 is 14.3 Å². The van der Waals surface area contributed by atoms with Crippen molar-refractivity contribution >= 4 is 5.97 Å². The second kappa shape index (κ2) is 7.38. The first-order valence-corrected chi connectivity index (χ1v) is 7.88. The molecule has 2 heterocycles. The van der Waals surface area contributed by atoms with Gasteiger partial charge in [-0.2, -0.15) is 0 Å². The third-order valence-corrected chi connectivity index (χ3v) is 4.26. The first-order valence-electron chi connectivity index (χ1n) is 7.88. The molecule has 20 heavy (non-hydrogen) atoms. The maximum atomic E-state index is 12.0. The van der Waals surface area contributed by atoms with E-state index in [1.807, 2.05) is 6.92 Å². The SMILES string of the molecule is CCOC(=O)C1CCCN1CC1CN(C(C)C)CCO1. The summed E-state index contributed by atoms with van der Waals surface area (Å²) in [6.07, 6.45) is 2.20. The van der Waals surface area contributed by atoms with Crippen LogP contribution in [0, 0.1) is 0 Å². The van der Waals surface area contributed by atoms with E-state index >= 15 is 0 Å². The molecule has 2 atom stereocenters. The Bertz CT molecular complexity index is 322. The molecule has 0 N–H and O–H groups in total. The highest BCUT2D eigenvalue weighted by molar-refractivity contribution is 5.76. The molecule has 5 nitrogen and oxygen atoms in total. The van der Waals surface area contributed by atoms with E-state index in [0.717, 1.165) is 45.6 Å². The van der Waals surface area contributed by atoms with Crippen molar-refractivity contribution in [2.24, 2.45) is 0 Å². The Morgan fingerprint density at radius 2 is 2.20 bits per heavy atom. The van der Waals surface area contributed by atoms with Gasteiger partial charge in [-0.3, -0.25) is 14.6 Å². The summed E-state index contributed by atoms with van der Waals surface area (Å²) in [5, 5.41) is 0. The molecule has 2 unspecified atom stereocenters. The lowest BCUT2D eigenvalue weighted by molar-refractivity contribution is -0.149. The quantitative estimate of drug-likeness (QED) is 0.708. The van der Waals surface area contributed by atoms with Crippen molar-refractivity contribution in [3.8, 4) is 0 Å². The summed E-state index contributed by atoms with van der Waals surface area (Å²) in [6.45, 7) is 11.4. The Labute approximate surface area is 122 Å². The van der Waals surface area contributed by atoms with Crippen LogP contribution in [-0.4, -0.2) is 73.3 Å². The highest BCUT2D eigenvalue weighted by Gasteiger charge is 2.34. The van der Waals surface area contributed by atoms with E-state index < -0.39 is 0 Å². The van der Waals surface area contributed by atoms with Crippen LogP contribution in [0.5, 0.6) is 0 Å². The molecule has 0 aliphatic carbocycles. The topological polar surface area (TPSA) is 42.0 Å². The zero-order valence-corrected chi connectivity index (χ0v) is 13.0. The largest absolute Gasteiger partial charge is 0.465 e. The minimum atomic E-state index is -0.0680. The van der Waals surface area contributed by atoms with Crippen molar-refractivity contribution in [1.29, 1.82) is 0 Å². The third kappa shape index (κ3) is 3.93. The zero-order valence-electron chi connectivity index (χ0n) is 13.0. The number of rotatable bonds is 5. The number of nitrogens with zero attached hydrogens (tertiary/aromatic N) is 2. The van der Waals surface area contributed by atoms with E-state index in [2.05, 4.69) is 23.6 Å². The molecule has 2 fully saturated rings. The van der Waals surface area contributed by atoms with Crippen LogP contribution in [0.3, 0.4) is 0 Å². The summed E-state index contributed by atoms with van der Waals surface area (Å²) in [7, 11) is 0. The zero-order chi connectivity index (χ0) is 14.5. The number of hydrogen-bond acceptors (Lipinski definition) is 5. The monoisotopic (exact) mass is 284 g/mol. The normalized spacial score (nSPS) is 29.0. The lowest BCUT2D eigenvalue weighted by atomic mass is 10.2. The molecule has 0 aromatic rings. The summed E-state index contributed by atoms with van der Waals surface area (Å²) >= 11 is 0. The van der Waals surface area contributed by atoms with Crippen LogP contribution in [0.2, 0.25) is 0 Å². The molecule has 0 saturated carbocycles. The second-order valence-electron chi connectivity index (χ2n) is 5.99. The van der Waals surface area contributed by atoms with Gasteiger partial charge in [0.15, 0.2) is 0 Å². The van der Waals surface area contributed by atoms with Crippen molar-refractivity contribution in [1.82, 2.24) is 9.80 Å². The maximum Gasteiger partial charge on any atom is 0.323 e. The fraction of sp³-hybridized carbons (Fsp3) is 0.933. The fourth-order valence-electron chi connectivity index (χ4n) is 3.13. The van der Waals surface area contributed by atoms with Crippen LogP contribution < -0.4 is 0 Å². The highest BCUT2D eigenvalue weighted by Crippen LogP contribution is 2.20. The summed E-state index contributed by atoms with van der Waals surface area (Å²) in [5.41, 5.74) is 0. The molecule has 2 aliphatic heterocycles. The maximum absolute atomic E-state index is 12.0. The minimum Gasteiger partial charge on any atom is -0.465 e. The minimum absolute atomic E-state index is 0.0621. The van der Waals surface area contributed by atoms with Gasteiger partial charge in [0, 0.05) is 25.7 Å². The molecular formula is C15H28N2O3. The highest BCUT2D eigenvalue weighted by atomic mass is 16.5. The molecule has 0 spiro atoms. The summed E-state index contributed by atoms with van der Waals surface area (Å²) in [6, 6.07) is 0.494. The summed E-state index contributed by atoms with van der Waals surface area (Å²) in [5.74, 6) is -0.0680. The molecule has 0 radical (unpaired) electrons. The first kappa shape index (κ1) is 15.7. The van der Waals surface area contributed by atoms with E-state index in [9.17, 15) is 4.79 Å². The predicted octanol–water partition coefficient (Wildman–Crippen LogP) is 1.12. The summed E-state index contributed by atoms with van der Waals surface area (Å²) in [4.78, 5) is 16.6. The van der Waals surface area contributed by atoms with E-state index in [4.69, 9.17) is 9.47 Å². The van der Waals surface area contributed by atoms with E-state index in [-0.39, 0.29) is 18.1 Å². The van der Waals surface area contributed by atoms with Crippen molar-refractivity contribution in [3.63, 3.8) is 0 Å². The number of carbonyl (C=O) groups excluding carboxylic acids is 1. The molecular weight excluding hydrogens is 256 g/mol. The van der Waals surface area contributed by atoms with Crippen LogP contribution in [0.25, 0.3) is 0 Å². The third-order valence-electron chi connectivity index (χ3n) is 4.26. The van der Waals surface area contributed by atoms with Gasteiger partial charge in [0.25, 0.3) is 0 Å². The second-order valence-corrected chi connectivity index (χ2v) is 5.99. The van der Waals surface area contributed by atoms with Gasteiger partial charge in [-0.1, -0.05) is 0 Å². The van der Waals surface area contributed by atoms with Crippen molar-refractivity contribution in [2.45, 2.75) is 51.8 Å². The summed E-state index contributed by atoms with van der Waals surface area (Å²) < 4.78 is 11.0. The number of carbonyl (C=O) groups is 1. The van der Waals surface area contributed by atoms with E-state index in [0.29, 0.717) is 12.6 Å². The lowest BCUT2D eigenvalue weighted by Gasteiger charge is -2.37. The first-order chi connectivity index (χ1) is 9.61. The van der Waals surface area contributed by atoms with Crippen molar-refractivity contribution in [2.75, 3.05) is 39.4 Å². The van der Waals surface area contributed by atoms with Gasteiger partial charge in [-0.05, 0) is 40.2 Å². The fourth-order valence-corrected chi connectivity index (χ4v) is 3.13. The van der Waals surface area contributed by atoms with Gasteiger partial charge in [0.05, 0.1) is 19.3 Å². The Morgan fingerprint density at radius 3 is 2.90 bits per heavy atom. The van der Waals surface area contributed by atoms with Gasteiger partial charge in [0.2, 0.25) is 0 Å². The van der Waals surface area contributed by atoms with E-state index in [1.165, 1.54) is 0 Å². The van der Waals surface area contributed by atoms with Gasteiger partial charge in [-0.15, -0.1) is 0 Å². The Morgan fingerprint density at radius 1 is 1.40 bits per heavy atom. The average Bonchev–Trinajstić information content (AvgIpc) is 2.87. The number of ether oxygens (including phenoxy) is 2. The van der Waals surface area contributed by atoms with Gasteiger partial charge in [-0.25, -0.2) is 0 Å². The van der Waals surface area contributed by atoms with Gasteiger partial charge >= 0.3 is 5.97 Å². The Hall–Kier alpha value is -0.650. The van der Waals surface area contributed by atoms with Crippen molar-refractivity contribution in [3.05, 3.63) is 0 Å².